The van der Waals surface area contributed by atoms with Gasteiger partial charge < -0.3 is 24.6 Å². The van der Waals surface area contributed by atoms with E-state index >= 15 is 0 Å². The second-order valence-electron chi connectivity index (χ2n) is 11.5. The summed E-state index contributed by atoms with van der Waals surface area (Å²) in [6.45, 7) is 8.08. The fourth-order valence-corrected chi connectivity index (χ4v) is 4.87. The van der Waals surface area contributed by atoms with Crippen molar-refractivity contribution in [1.82, 2.24) is 19.8 Å². The van der Waals surface area contributed by atoms with Crippen LogP contribution in [0.3, 0.4) is 0 Å². The molecule has 0 bridgehead atoms. The molecule has 3 heterocycles. The molecule has 2 aromatic carbocycles. The van der Waals surface area contributed by atoms with Crippen molar-refractivity contribution in [3.63, 3.8) is 0 Å². The molecular formula is C30H30F3N7O4. The summed E-state index contributed by atoms with van der Waals surface area (Å²) < 4.78 is 49.4. The van der Waals surface area contributed by atoms with Crippen LogP contribution in [0.25, 0.3) is 11.3 Å². The number of carbonyl (C=O) groups excluding carboxylic acids is 2. The molecule has 44 heavy (non-hydrogen) atoms. The van der Waals surface area contributed by atoms with Gasteiger partial charge in [0.1, 0.15) is 11.7 Å². The largest absolute Gasteiger partial charge is 0.573 e. The predicted molar refractivity (Wildman–Crippen MR) is 154 cm³/mol. The van der Waals surface area contributed by atoms with Crippen LogP contribution in [0.4, 0.5) is 35.3 Å². The van der Waals surface area contributed by atoms with Gasteiger partial charge in [-0.1, -0.05) is 12.1 Å². The topological polar surface area (TPSA) is 124 Å². The Hall–Kier alpha value is -4.90. The molecule has 0 saturated carbocycles. The number of nitrogens with zero attached hydrogens (tertiary/aromatic N) is 6. The molecule has 2 amide bonds. The molecule has 5 rings (SSSR count). The zero-order valence-electron chi connectivity index (χ0n) is 24.5. The maximum absolute atomic E-state index is 13.2. The number of ether oxygens (including phenoxy) is 2. The molecule has 2 aliphatic heterocycles. The molecule has 0 unspecified atom stereocenters. The minimum Gasteiger partial charge on any atom is -0.443 e. The highest BCUT2D eigenvalue weighted by atomic mass is 19.4. The van der Waals surface area contributed by atoms with Crippen molar-refractivity contribution >= 4 is 29.3 Å². The van der Waals surface area contributed by atoms with Crippen LogP contribution in [0.2, 0.25) is 0 Å². The van der Waals surface area contributed by atoms with Crippen molar-refractivity contribution in [3.05, 3.63) is 59.3 Å². The number of alkyl halides is 3. The lowest BCUT2D eigenvalue weighted by atomic mass is 10.0. The molecule has 1 fully saturated rings. The number of benzene rings is 2. The van der Waals surface area contributed by atoms with E-state index < -0.39 is 29.7 Å². The number of imide groups is 1. The number of hydrogen-bond donors (Lipinski definition) is 1. The second-order valence-corrected chi connectivity index (χ2v) is 11.5. The number of rotatable bonds is 5. The zero-order valence-corrected chi connectivity index (χ0v) is 24.5. The van der Waals surface area contributed by atoms with Crippen molar-refractivity contribution in [2.45, 2.75) is 39.3 Å². The minimum absolute atomic E-state index is 0.0217. The summed E-state index contributed by atoms with van der Waals surface area (Å²) in [5.74, 6) is -1.13. The van der Waals surface area contributed by atoms with E-state index in [1.54, 1.807) is 39.0 Å². The number of nitrogens with one attached hydrogen (secondary N) is 1. The number of carbonyl (C=O) groups is 2. The van der Waals surface area contributed by atoms with Gasteiger partial charge in [0, 0.05) is 43.0 Å². The van der Waals surface area contributed by atoms with Gasteiger partial charge in [0.15, 0.2) is 5.75 Å². The summed E-state index contributed by atoms with van der Waals surface area (Å²) in [4.78, 5) is 39.5. The molecular weight excluding hydrogens is 579 g/mol. The van der Waals surface area contributed by atoms with E-state index in [1.165, 1.54) is 24.4 Å². The molecule has 1 N–H and O–H groups in total. The van der Waals surface area contributed by atoms with Gasteiger partial charge >= 0.3 is 12.5 Å². The van der Waals surface area contributed by atoms with Crippen molar-refractivity contribution in [2.75, 3.05) is 43.4 Å². The molecule has 230 valence electrons. The number of nitriles is 1. The molecule has 0 radical (unpaired) electrons. The lowest BCUT2D eigenvalue weighted by molar-refractivity contribution is -0.274. The van der Waals surface area contributed by atoms with Crippen LogP contribution >= 0.6 is 0 Å². The highest BCUT2D eigenvalue weighted by molar-refractivity contribution is 6.07. The molecule has 2 aliphatic rings. The maximum atomic E-state index is 13.2. The fourth-order valence-electron chi connectivity index (χ4n) is 4.87. The Kier molecular flexibility index (Phi) is 8.09. The van der Waals surface area contributed by atoms with Gasteiger partial charge in [-0.2, -0.15) is 5.26 Å². The summed E-state index contributed by atoms with van der Waals surface area (Å²) in [6.07, 6.45) is -4.48. The van der Waals surface area contributed by atoms with Crippen molar-refractivity contribution in [3.8, 4) is 23.1 Å². The maximum Gasteiger partial charge on any atom is 0.573 e. The Bertz CT molecular complexity index is 1640. The second kappa shape index (κ2) is 11.6. The first-order chi connectivity index (χ1) is 20.7. The molecule has 0 spiro atoms. The minimum atomic E-state index is -4.94. The summed E-state index contributed by atoms with van der Waals surface area (Å²) in [5.41, 5.74) is 1.30. The third-order valence-electron chi connectivity index (χ3n) is 7.01. The van der Waals surface area contributed by atoms with E-state index in [-0.39, 0.29) is 35.0 Å². The number of halogens is 3. The normalized spacial score (nSPS) is 15.5. The molecule has 0 atom stereocenters. The quantitative estimate of drug-likeness (QED) is 0.408. The summed E-state index contributed by atoms with van der Waals surface area (Å²) in [5, 5.41) is 12.6. The number of hydrogen-bond acceptors (Lipinski definition) is 10. The zero-order chi connectivity index (χ0) is 31.8. The van der Waals surface area contributed by atoms with Crippen LogP contribution in [0, 0.1) is 11.3 Å². The Morgan fingerprint density at radius 1 is 1.07 bits per heavy atom. The van der Waals surface area contributed by atoms with Crippen LogP contribution in [0.5, 0.6) is 5.75 Å². The third-order valence-corrected chi connectivity index (χ3v) is 7.01. The molecule has 1 saturated heterocycles. The number of likely N-dealkylation sites (N-methyl/N-ethyl adjacent to an activating group) is 1. The van der Waals surface area contributed by atoms with Crippen molar-refractivity contribution < 1.29 is 32.2 Å². The monoisotopic (exact) mass is 609 g/mol. The summed E-state index contributed by atoms with van der Waals surface area (Å²) in [7, 11) is 2.00. The number of anilines is 3. The van der Waals surface area contributed by atoms with E-state index in [0.29, 0.717) is 29.9 Å². The molecule has 3 aromatic rings. The van der Waals surface area contributed by atoms with E-state index in [2.05, 4.69) is 29.8 Å². The average Bonchev–Trinajstić information content (AvgIpc) is 3.28. The Labute approximate surface area is 251 Å². The molecule has 14 heteroatoms. The van der Waals surface area contributed by atoms with Gasteiger partial charge in [-0.05, 0) is 57.6 Å². The van der Waals surface area contributed by atoms with Crippen molar-refractivity contribution in [2.24, 2.45) is 0 Å². The Balaban J connectivity index is 1.46. The lowest BCUT2D eigenvalue weighted by Crippen LogP contribution is -2.44. The SMILES string of the molecule is CN1CCN(c2ccc(OC(F)(F)F)c(Nc3ncc(C#N)c(-c4ccc5c(c4)C(=O)N(C(=O)OC(C)(C)C)C5)n3)c2)CC1. The van der Waals surface area contributed by atoms with Gasteiger partial charge in [-0.25, -0.2) is 19.7 Å². The van der Waals surface area contributed by atoms with E-state index in [1.807, 2.05) is 13.1 Å². The van der Waals surface area contributed by atoms with Gasteiger partial charge in [0.05, 0.1) is 29.7 Å². The summed E-state index contributed by atoms with van der Waals surface area (Å²) >= 11 is 0. The van der Waals surface area contributed by atoms with E-state index in [0.717, 1.165) is 18.0 Å². The number of fused-ring (bicyclic) bond motifs is 1. The lowest BCUT2D eigenvalue weighted by Gasteiger charge is -2.34. The first-order valence-corrected chi connectivity index (χ1v) is 13.8. The molecule has 11 nitrogen and oxygen atoms in total. The van der Waals surface area contributed by atoms with Gasteiger partial charge in [-0.15, -0.1) is 13.2 Å². The Morgan fingerprint density at radius 3 is 2.45 bits per heavy atom. The number of piperazine rings is 1. The van der Waals surface area contributed by atoms with Gasteiger partial charge in [0.25, 0.3) is 5.91 Å². The van der Waals surface area contributed by atoms with Crippen molar-refractivity contribution in [1.29, 1.82) is 5.26 Å². The van der Waals surface area contributed by atoms with Crippen LogP contribution in [-0.2, 0) is 11.3 Å². The van der Waals surface area contributed by atoms with Crippen LogP contribution in [0.15, 0.2) is 42.6 Å². The van der Waals surface area contributed by atoms with E-state index in [9.17, 15) is 28.0 Å². The first kappa shape index (κ1) is 30.6. The van der Waals surface area contributed by atoms with E-state index in [4.69, 9.17) is 4.74 Å². The van der Waals surface area contributed by atoms with Crippen LogP contribution in [-0.4, -0.2) is 77.0 Å². The molecule has 0 aliphatic carbocycles. The number of amides is 2. The first-order valence-electron chi connectivity index (χ1n) is 13.8. The number of aromatic nitrogens is 2. The fraction of sp³-hybridized carbons (Fsp3) is 0.367. The smallest absolute Gasteiger partial charge is 0.443 e. The van der Waals surface area contributed by atoms with Gasteiger partial charge in [0.2, 0.25) is 5.95 Å². The molecule has 1 aromatic heterocycles. The third kappa shape index (κ3) is 6.84. The predicted octanol–water partition coefficient (Wildman–Crippen LogP) is 5.30. The van der Waals surface area contributed by atoms with Crippen LogP contribution in [0.1, 0.15) is 42.3 Å². The standard InChI is InChI=1S/C30H30F3N7O4/c1-29(2,3)44-28(42)40-17-19-6-5-18(13-22(19)26(40)41)25-20(15-34)16-35-27(37-25)36-23-14-21(39-11-9-38(4)10-12-39)7-8-24(23)43-30(31,32)33/h5-8,13-14,16H,9-12,17H2,1-4H3,(H,35,36,37). The van der Waals surface area contributed by atoms with Gasteiger partial charge in [-0.3, -0.25) is 4.79 Å². The average molecular weight is 610 g/mol. The summed E-state index contributed by atoms with van der Waals surface area (Å²) in [6, 6.07) is 11.1. The highest BCUT2D eigenvalue weighted by Gasteiger charge is 2.36. The Morgan fingerprint density at radius 2 is 1.80 bits per heavy atom. The highest BCUT2D eigenvalue weighted by Crippen LogP contribution is 2.36. The van der Waals surface area contributed by atoms with Crippen LogP contribution < -0.4 is 15.0 Å².